The van der Waals surface area contributed by atoms with Crippen LogP contribution in [0, 0.1) is 6.92 Å². The highest BCUT2D eigenvalue weighted by Crippen LogP contribution is 2.08. The number of nitrogens with two attached hydrogens (primary N) is 1. The molecule has 0 spiro atoms. The van der Waals surface area contributed by atoms with Crippen LogP contribution in [0.25, 0.3) is 0 Å². The van der Waals surface area contributed by atoms with E-state index in [1.807, 2.05) is 13.0 Å². The number of aromatic nitrogens is 1. The molecule has 0 saturated carbocycles. The summed E-state index contributed by atoms with van der Waals surface area (Å²) in [6.07, 6.45) is 3.47. The van der Waals surface area contributed by atoms with E-state index >= 15 is 0 Å². The number of hydrogen-bond donors (Lipinski definition) is 2. The Morgan fingerprint density at radius 3 is 2.94 bits per heavy atom. The van der Waals surface area contributed by atoms with Crippen molar-refractivity contribution >= 4 is 5.91 Å². The minimum atomic E-state index is -0.245. The van der Waals surface area contributed by atoms with Gasteiger partial charge in [-0.25, -0.2) is 0 Å². The van der Waals surface area contributed by atoms with Gasteiger partial charge in [0.15, 0.2) is 5.76 Å². The molecular formula is C13H15N3O2. The summed E-state index contributed by atoms with van der Waals surface area (Å²) in [7, 11) is 0. The van der Waals surface area contributed by atoms with Crippen LogP contribution in [0.15, 0.2) is 35.0 Å². The van der Waals surface area contributed by atoms with E-state index in [0.717, 1.165) is 11.1 Å². The fourth-order valence-corrected chi connectivity index (χ4v) is 1.57. The van der Waals surface area contributed by atoms with Gasteiger partial charge in [-0.3, -0.25) is 9.78 Å². The van der Waals surface area contributed by atoms with Crippen molar-refractivity contribution in [1.82, 2.24) is 10.3 Å². The predicted octanol–water partition coefficient (Wildman–Crippen LogP) is 1.37. The van der Waals surface area contributed by atoms with Crippen LogP contribution in [-0.4, -0.2) is 10.9 Å². The molecule has 2 heterocycles. The van der Waals surface area contributed by atoms with Crippen molar-refractivity contribution < 1.29 is 9.21 Å². The van der Waals surface area contributed by atoms with Crippen molar-refractivity contribution in [3.8, 4) is 0 Å². The minimum absolute atomic E-state index is 0.245. The predicted molar refractivity (Wildman–Crippen MR) is 66.7 cm³/mol. The van der Waals surface area contributed by atoms with Gasteiger partial charge in [0.25, 0.3) is 5.91 Å². The summed E-state index contributed by atoms with van der Waals surface area (Å²) in [6.45, 7) is 2.69. The summed E-state index contributed by atoms with van der Waals surface area (Å²) in [6, 6.07) is 5.20. The van der Waals surface area contributed by atoms with E-state index in [9.17, 15) is 4.79 Å². The lowest BCUT2D eigenvalue weighted by Crippen LogP contribution is -2.22. The number of rotatable bonds is 4. The zero-order valence-electron chi connectivity index (χ0n) is 10.1. The molecule has 2 aromatic rings. The maximum atomic E-state index is 11.8. The molecule has 3 N–H and O–H groups in total. The second-order valence-electron chi connectivity index (χ2n) is 3.95. The smallest absolute Gasteiger partial charge is 0.287 e. The Labute approximate surface area is 105 Å². The summed E-state index contributed by atoms with van der Waals surface area (Å²) in [4.78, 5) is 15.8. The number of amides is 1. The monoisotopic (exact) mass is 245 g/mol. The molecule has 0 atom stereocenters. The summed E-state index contributed by atoms with van der Waals surface area (Å²) in [5.41, 5.74) is 7.49. The zero-order valence-corrected chi connectivity index (χ0v) is 10.1. The second-order valence-corrected chi connectivity index (χ2v) is 3.95. The van der Waals surface area contributed by atoms with Crippen molar-refractivity contribution in [3.63, 3.8) is 0 Å². The molecule has 0 aliphatic heterocycles. The van der Waals surface area contributed by atoms with Crippen molar-refractivity contribution in [3.05, 3.63) is 53.2 Å². The molecule has 5 heteroatoms. The topological polar surface area (TPSA) is 81.2 Å². The summed E-state index contributed by atoms with van der Waals surface area (Å²) in [5, 5.41) is 2.79. The van der Waals surface area contributed by atoms with E-state index in [4.69, 9.17) is 10.2 Å². The van der Waals surface area contributed by atoms with Crippen LogP contribution in [0.3, 0.4) is 0 Å². The normalized spacial score (nSPS) is 10.3. The molecule has 5 nitrogen and oxygen atoms in total. The number of pyridine rings is 1. The minimum Gasteiger partial charge on any atom is -0.455 e. The number of aryl methyl sites for hydroxylation is 1. The Hall–Kier alpha value is -2.14. The van der Waals surface area contributed by atoms with Gasteiger partial charge in [-0.05, 0) is 36.2 Å². The van der Waals surface area contributed by atoms with Gasteiger partial charge in [0.05, 0.1) is 6.54 Å². The Morgan fingerprint density at radius 2 is 2.28 bits per heavy atom. The number of nitrogens with zero attached hydrogens (tertiary/aromatic N) is 1. The van der Waals surface area contributed by atoms with Crippen LogP contribution in [0.2, 0.25) is 0 Å². The largest absolute Gasteiger partial charge is 0.455 e. The molecule has 0 bridgehead atoms. The average molecular weight is 245 g/mol. The van der Waals surface area contributed by atoms with Gasteiger partial charge in [-0.1, -0.05) is 0 Å². The van der Waals surface area contributed by atoms with Crippen LogP contribution in [0.1, 0.15) is 27.4 Å². The molecule has 0 aliphatic carbocycles. The molecule has 2 rings (SSSR count). The quantitative estimate of drug-likeness (QED) is 0.852. The molecular weight excluding hydrogens is 230 g/mol. The van der Waals surface area contributed by atoms with Gasteiger partial charge in [0.2, 0.25) is 0 Å². The molecule has 0 unspecified atom stereocenters. The molecule has 0 radical (unpaired) electrons. The van der Waals surface area contributed by atoms with E-state index in [1.165, 1.54) is 0 Å². The number of carbonyl (C=O) groups excluding carboxylic acids is 1. The molecule has 18 heavy (non-hydrogen) atoms. The Kier molecular flexibility index (Phi) is 3.74. The Morgan fingerprint density at radius 1 is 1.44 bits per heavy atom. The molecule has 2 aromatic heterocycles. The molecule has 0 fully saturated rings. The summed E-state index contributed by atoms with van der Waals surface area (Å²) >= 11 is 0. The number of nitrogens with one attached hydrogen (secondary N) is 1. The first-order chi connectivity index (χ1) is 8.70. The first kappa shape index (κ1) is 12.3. The van der Waals surface area contributed by atoms with Crippen molar-refractivity contribution in [1.29, 1.82) is 0 Å². The second kappa shape index (κ2) is 5.46. The third kappa shape index (κ3) is 2.75. The number of furan rings is 1. The molecule has 0 aliphatic rings. The van der Waals surface area contributed by atoms with Crippen LogP contribution < -0.4 is 11.1 Å². The van der Waals surface area contributed by atoms with Crippen molar-refractivity contribution in [2.45, 2.75) is 20.0 Å². The maximum absolute atomic E-state index is 11.8. The van der Waals surface area contributed by atoms with Crippen LogP contribution in [-0.2, 0) is 13.1 Å². The molecule has 0 aromatic carbocycles. The highest BCUT2D eigenvalue weighted by atomic mass is 16.4. The Bertz CT molecular complexity index is 549. The summed E-state index contributed by atoms with van der Waals surface area (Å²) < 4.78 is 5.26. The summed E-state index contributed by atoms with van der Waals surface area (Å²) in [5.74, 6) is 0.633. The van der Waals surface area contributed by atoms with Crippen molar-refractivity contribution in [2.24, 2.45) is 5.73 Å². The highest BCUT2D eigenvalue weighted by Gasteiger charge is 2.10. The SMILES string of the molecule is Cc1cnccc1CNC(=O)c1ccc(CN)o1. The van der Waals surface area contributed by atoms with Gasteiger partial charge >= 0.3 is 0 Å². The molecule has 0 saturated heterocycles. The van der Waals surface area contributed by atoms with E-state index in [0.29, 0.717) is 12.3 Å². The van der Waals surface area contributed by atoms with Gasteiger partial charge in [0.1, 0.15) is 5.76 Å². The van der Waals surface area contributed by atoms with Gasteiger partial charge in [-0.15, -0.1) is 0 Å². The fourth-order valence-electron chi connectivity index (χ4n) is 1.57. The maximum Gasteiger partial charge on any atom is 0.287 e. The van der Waals surface area contributed by atoms with E-state index < -0.39 is 0 Å². The van der Waals surface area contributed by atoms with Crippen LogP contribution >= 0.6 is 0 Å². The lowest BCUT2D eigenvalue weighted by Gasteiger charge is -2.05. The van der Waals surface area contributed by atoms with Crippen LogP contribution in [0.5, 0.6) is 0 Å². The van der Waals surface area contributed by atoms with E-state index in [-0.39, 0.29) is 18.2 Å². The Balaban J connectivity index is 1.98. The fraction of sp³-hybridized carbons (Fsp3) is 0.231. The lowest BCUT2D eigenvalue weighted by molar-refractivity contribution is 0.0921. The highest BCUT2D eigenvalue weighted by molar-refractivity contribution is 5.91. The number of hydrogen-bond acceptors (Lipinski definition) is 4. The first-order valence-corrected chi connectivity index (χ1v) is 5.67. The van der Waals surface area contributed by atoms with Crippen LogP contribution in [0.4, 0.5) is 0 Å². The zero-order chi connectivity index (χ0) is 13.0. The first-order valence-electron chi connectivity index (χ1n) is 5.67. The third-order valence-corrected chi connectivity index (χ3v) is 2.66. The van der Waals surface area contributed by atoms with Gasteiger partial charge < -0.3 is 15.5 Å². The lowest BCUT2D eigenvalue weighted by atomic mass is 10.1. The standard InChI is InChI=1S/C13H15N3O2/c1-9-7-15-5-4-10(9)8-16-13(17)12-3-2-11(6-14)18-12/h2-5,7H,6,8,14H2,1H3,(H,16,17). The van der Waals surface area contributed by atoms with Gasteiger partial charge in [-0.2, -0.15) is 0 Å². The van der Waals surface area contributed by atoms with Gasteiger partial charge in [0, 0.05) is 18.9 Å². The number of carbonyl (C=O) groups is 1. The third-order valence-electron chi connectivity index (χ3n) is 2.66. The molecule has 94 valence electrons. The average Bonchev–Trinajstić information content (AvgIpc) is 2.86. The van der Waals surface area contributed by atoms with E-state index in [1.54, 1.807) is 24.5 Å². The van der Waals surface area contributed by atoms with E-state index in [2.05, 4.69) is 10.3 Å². The molecule has 1 amide bonds. The van der Waals surface area contributed by atoms with Crippen molar-refractivity contribution in [2.75, 3.05) is 0 Å².